The van der Waals surface area contributed by atoms with E-state index in [4.69, 9.17) is 4.74 Å². The van der Waals surface area contributed by atoms with Gasteiger partial charge in [0.15, 0.2) is 9.84 Å². The van der Waals surface area contributed by atoms with Gasteiger partial charge in [-0.1, -0.05) is 30.3 Å². The highest BCUT2D eigenvalue weighted by molar-refractivity contribution is 7.89. The molecular formula is C27H33FN2O5S. The number of carboxylic acid groups (broad SMARTS) is 1. The zero-order chi connectivity index (χ0) is 26.3. The molecule has 0 radical (unpaired) electrons. The number of sulfone groups is 1. The molecule has 1 unspecified atom stereocenters. The predicted molar refractivity (Wildman–Crippen MR) is 136 cm³/mol. The number of hydrogen-bond acceptors (Lipinski definition) is 5. The van der Waals surface area contributed by atoms with Gasteiger partial charge in [-0.25, -0.2) is 12.8 Å². The van der Waals surface area contributed by atoms with Crippen molar-refractivity contribution in [2.45, 2.75) is 31.6 Å². The van der Waals surface area contributed by atoms with Gasteiger partial charge >= 0.3 is 0 Å². The molecule has 0 amide bonds. The molecule has 1 aromatic heterocycles. The number of quaternary nitrogens is 1. The number of aromatic carboxylic acids is 1. The van der Waals surface area contributed by atoms with Crippen LogP contribution in [0.1, 0.15) is 47.5 Å². The van der Waals surface area contributed by atoms with Crippen LogP contribution >= 0.6 is 0 Å². The Hall–Kier alpha value is -2.75. The number of piperidine rings is 1. The molecule has 0 saturated carbocycles. The Labute approximate surface area is 211 Å². The van der Waals surface area contributed by atoms with E-state index in [2.05, 4.69) is 19.1 Å². The normalized spacial score (nSPS) is 17.4. The first kappa shape index (κ1) is 26.3. The van der Waals surface area contributed by atoms with Gasteiger partial charge in [-0.3, -0.25) is 0 Å². The molecule has 1 atom stereocenters. The predicted octanol–water partition coefficient (Wildman–Crippen LogP) is 3.45. The van der Waals surface area contributed by atoms with Crippen molar-refractivity contribution in [2.24, 2.45) is 5.92 Å². The van der Waals surface area contributed by atoms with Crippen molar-refractivity contribution in [2.75, 3.05) is 40.0 Å². The molecule has 36 heavy (non-hydrogen) atoms. The van der Waals surface area contributed by atoms with Gasteiger partial charge in [0, 0.05) is 41.2 Å². The third-order valence-corrected chi connectivity index (χ3v) is 7.97. The van der Waals surface area contributed by atoms with E-state index in [1.54, 1.807) is 6.07 Å². The monoisotopic (exact) mass is 516 g/mol. The maximum Gasteiger partial charge on any atom is 0.151 e. The number of nitrogens with zero attached hydrogens (tertiary/aromatic N) is 1. The van der Waals surface area contributed by atoms with Crippen molar-refractivity contribution in [3.8, 4) is 11.1 Å². The topological polar surface area (TPSA) is 99.3 Å². The standard InChI is InChI=1S/C27H33FN2O5S/c1-17(35-15-18-10-12-30(2,3)13-11-18)21-6-5-7-22-24(26(27(31)32)29-25(21)22)19-8-9-20(23(28)14-19)16-36(4,33)34/h5-9,14,17-18,29H,10-13,15-16H2,1-4H3. The number of aromatic amines is 1. The zero-order valence-corrected chi connectivity index (χ0v) is 22.0. The van der Waals surface area contributed by atoms with Crippen LogP contribution in [-0.4, -0.2) is 63.9 Å². The summed E-state index contributed by atoms with van der Waals surface area (Å²) in [4.78, 5) is 15.0. The van der Waals surface area contributed by atoms with Gasteiger partial charge < -0.3 is 24.1 Å². The fourth-order valence-electron chi connectivity index (χ4n) is 4.99. The molecular weight excluding hydrogens is 483 g/mol. The minimum absolute atomic E-state index is 0.0312. The van der Waals surface area contributed by atoms with Crippen molar-refractivity contribution in [3.63, 3.8) is 0 Å². The summed E-state index contributed by atoms with van der Waals surface area (Å²) in [5.74, 6) is -2.07. The van der Waals surface area contributed by atoms with Crippen LogP contribution < -0.4 is 5.11 Å². The van der Waals surface area contributed by atoms with Crippen molar-refractivity contribution >= 4 is 26.7 Å². The minimum Gasteiger partial charge on any atom is -0.543 e. The molecule has 2 aromatic carbocycles. The molecule has 0 aliphatic carbocycles. The number of H-pyrrole nitrogens is 1. The molecule has 3 aromatic rings. The molecule has 0 bridgehead atoms. The molecule has 2 heterocycles. The summed E-state index contributed by atoms with van der Waals surface area (Å²) in [6, 6.07) is 9.57. The highest BCUT2D eigenvalue weighted by Crippen LogP contribution is 2.37. The molecule has 7 nitrogen and oxygen atoms in total. The minimum atomic E-state index is -3.42. The van der Waals surface area contributed by atoms with Gasteiger partial charge in [0.2, 0.25) is 0 Å². The van der Waals surface area contributed by atoms with Crippen LogP contribution in [0.3, 0.4) is 0 Å². The van der Waals surface area contributed by atoms with Crippen LogP contribution in [0, 0.1) is 11.7 Å². The summed E-state index contributed by atoms with van der Waals surface area (Å²) >= 11 is 0. The van der Waals surface area contributed by atoms with Crippen LogP contribution in [0.5, 0.6) is 0 Å². The maximum atomic E-state index is 14.8. The Morgan fingerprint density at radius 1 is 1.22 bits per heavy atom. The van der Waals surface area contributed by atoms with Gasteiger partial charge in [-0.05, 0) is 24.5 Å². The molecule has 1 saturated heterocycles. The number of fused-ring (bicyclic) bond motifs is 1. The number of carbonyl (C=O) groups excluding carboxylic acids is 1. The van der Waals surface area contributed by atoms with Crippen LogP contribution in [0.15, 0.2) is 36.4 Å². The lowest BCUT2D eigenvalue weighted by Gasteiger charge is -2.37. The van der Waals surface area contributed by atoms with Gasteiger partial charge in [0.25, 0.3) is 0 Å². The van der Waals surface area contributed by atoms with Crippen LogP contribution in [0.25, 0.3) is 22.0 Å². The number of aromatic nitrogens is 1. The summed E-state index contributed by atoms with van der Waals surface area (Å²) in [5, 5.41) is 12.6. The van der Waals surface area contributed by atoms with Crippen molar-refractivity contribution in [1.82, 2.24) is 4.98 Å². The summed E-state index contributed by atoms with van der Waals surface area (Å²) in [6.45, 7) is 4.81. The Balaban J connectivity index is 1.65. The van der Waals surface area contributed by atoms with Crippen LogP contribution in [0.4, 0.5) is 4.39 Å². The fraction of sp³-hybridized carbons (Fsp3) is 0.444. The van der Waals surface area contributed by atoms with Crippen molar-refractivity contribution in [3.05, 3.63) is 59.0 Å². The molecule has 4 rings (SSSR count). The SMILES string of the molecule is CC(OCC1CC[N+](C)(C)CC1)c1cccc2c(-c3ccc(CS(C)(=O)=O)c(F)c3)c(C(=O)[O-])[nH]c12. The second-order valence-corrected chi connectivity index (χ2v) is 12.8. The van der Waals surface area contributed by atoms with Gasteiger partial charge in [-0.15, -0.1) is 0 Å². The van der Waals surface area contributed by atoms with E-state index in [1.165, 1.54) is 18.2 Å². The van der Waals surface area contributed by atoms with Gasteiger partial charge in [0.1, 0.15) is 5.82 Å². The average Bonchev–Trinajstić information content (AvgIpc) is 3.19. The molecule has 194 valence electrons. The Bertz CT molecular complexity index is 1390. The van der Waals surface area contributed by atoms with E-state index >= 15 is 0 Å². The number of likely N-dealkylation sites (tertiary alicyclic amines) is 1. The molecule has 1 fully saturated rings. The highest BCUT2D eigenvalue weighted by atomic mass is 32.2. The third-order valence-electron chi connectivity index (χ3n) is 7.13. The number of benzene rings is 2. The Morgan fingerprint density at radius 3 is 2.53 bits per heavy atom. The van der Waals surface area contributed by atoms with Crippen LogP contribution in [-0.2, 0) is 20.3 Å². The van der Waals surface area contributed by atoms with E-state index in [0.29, 0.717) is 34.6 Å². The molecule has 9 heteroatoms. The van der Waals surface area contributed by atoms with Crippen molar-refractivity contribution < 1.29 is 31.9 Å². The van der Waals surface area contributed by atoms with Crippen LogP contribution in [0.2, 0.25) is 0 Å². The summed E-state index contributed by atoms with van der Waals surface area (Å²) < 4.78 is 45.2. The molecule has 1 N–H and O–H groups in total. The summed E-state index contributed by atoms with van der Waals surface area (Å²) in [7, 11) is 1.06. The summed E-state index contributed by atoms with van der Waals surface area (Å²) in [5.41, 5.74) is 1.90. The fourth-order valence-corrected chi connectivity index (χ4v) is 5.79. The van der Waals surface area contributed by atoms with E-state index in [0.717, 1.165) is 42.2 Å². The first-order valence-electron chi connectivity index (χ1n) is 12.1. The van der Waals surface area contributed by atoms with Gasteiger partial charge in [0.05, 0.1) is 62.8 Å². The maximum absolute atomic E-state index is 14.8. The largest absolute Gasteiger partial charge is 0.543 e. The number of ether oxygens (including phenoxy) is 1. The lowest BCUT2D eigenvalue weighted by atomic mass is 9.96. The molecule has 1 aliphatic rings. The van der Waals surface area contributed by atoms with Crippen molar-refractivity contribution in [1.29, 1.82) is 0 Å². The molecule has 1 aliphatic heterocycles. The Morgan fingerprint density at radius 2 is 1.92 bits per heavy atom. The molecule has 0 spiro atoms. The van der Waals surface area contributed by atoms with E-state index in [1.807, 2.05) is 19.1 Å². The van der Waals surface area contributed by atoms with E-state index in [-0.39, 0.29) is 17.4 Å². The number of nitrogens with one attached hydrogen (secondary N) is 1. The second-order valence-electron chi connectivity index (χ2n) is 10.6. The second kappa shape index (κ2) is 9.95. The highest BCUT2D eigenvalue weighted by Gasteiger charge is 2.27. The Kier molecular flexibility index (Phi) is 7.28. The smallest absolute Gasteiger partial charge is 0.151 e. The average molecular weight is 517 g/mol. The lowest BCUT2D eigenvalue weighted by molar-refractivity contribution is -0.896. The first-order valence-corrected chi connectivity index (χ1v) is 14.2. The van der Waals surface area contributed by atoms with Gasteiger partial charge in [-0.2, -0.15) is 0 Å². The zero-order valence-electron chi connectivity index (χ0n) is 21.1. The number of hydrogen-bond donors (Lipinski definition) is 1. The van der Waals surface area contributed by atoms with E-state index < -0.39 is 27.4 Å². The number of para-hydroxylation sites is 1. The summed E-state index contributed by atoms with van der Waals surface area (Å²) in [6.07, 6.45) is 2.96. The first-order chi connectivity index (χ1) is 16.8. The number of halogens is 1. The van der Waals surface area contributed by atoms with E-state index in [9.17, 15) is 22.7 Å². The lowest BCUT2D eigenvalue weighted by Crippen LogP contribution is -2.46. The number of carbonyl (C=O) groups is 1. The third kappa shape index (κ3) is 5.79. The number of carboxylic acids is 1. The quantitative estimate of drug-likeness (QED) is 0.463. The number of rotatable bonds is 8.